The summed E-state index contributed by atoms with van der Waals surface area (Å²) in [6.45, 7) is 0.694. The van der Waals surface area contributed by atoms with Crippen molar-refractivity contribution in [3.05, 3.63) is 24.1 Å². The van der Waals surface area contributed by atoms with Crippen molar-refractivity contribution in [1.29, 1.82) is 0 Å². The third-order valence-electron chi connectivity index (χ3n) is 3.00. The van der Waals surface area contributed by atoms with E-state index in [4.69, 9.17) is 4.74 Å². The minimum absolute atomic E-state index is 0.0615. The fraction of sp³-hybridized carbons (Fsp3) is 0.545. The molecule has 2 rings (SSSR count). The van der Waals surface area contributed by atoms with Crippen molar-refractivity contribution < 1.29 is 9.13 Å². The molecule has 0 bridgehead atoms. The van der Waals surface area contributed by atoms with E-state index in [1.54, 1.807) is 19.2 Å². The van der Waals surface area contributed by atoms with Gasteiger partial charge in [-0.15, -0.1) is 0 Å². The van der Waals surface area contributed by atoms with Crippen LogP contribution in [0.5, 0.6) is 0 Å². The molecule has 0 amide bonds. The molecular weight excluding hydrogens is 195 g/mol. The standard InChI is InChI=1S/C11H15FN2O/c1-15-11(6-3-7-11)8-13-10-5-2-4-9(12)14-10/h2,4-5H,3,6-8H2,1H3,(H,13,14). The molecule has 1 N–H and O–H groups in total. The lowest BCUT2D eigenvalue weighted by atomic mass is 9.80. The first-order valence-corrected chi connectivity index (χ1v) is 5.16. The average Bonchev–Trinajstić information content (AvgIpc) is 2.17. The number of ether oxygens (including phenoxy) is 1. The summed E-state index contributed by atoms with van der Waals surface area (Å²) in [6, 6.07) is 4.73. The SMILES string of the molecule is COC1(CNc2cccc(F)n2)CCC1. The van der Waals surface area contributed by atoms with Crippen LogP contribution < -0.4 is 5.32 Å². The number of anilines is 1. The molecule has 0 radical (unpaired) electrons. The summed E-state index contributed by atoms with van der Waals surface area (Å²) in [6.07, 6.45) is 3.32. The molecule has 1 aromatic heterocycles. The van der Waals surface area contributed by atoms with Gasteiger partial charge >= 0.3 is 0 Å². The molecule has 0 aromatic carbocycles. The number of hydrogen-bond donors (Lipinski definition) is 1. The van der Waals surface area contributed by atoms with Crippen LogP contribution in [0.2, 0.25) is 0 Å². The third kappa shape index (κ3) is 2.26. The monoisotopic (exact) mass is 210 g/mol. The van der Waals surface area contributed by atoms with Crippen molar-refractivity contribution in [1.82, 2.24) is 4.98 Å². The lowest BCUT2D eigenvalue weighted by Gasteiger charge is -2.40. The zero-order valence-corrected chi connectivity index (χ0v) is 8.79. The second-order valence-electron chi connectivity index (χ2n) is 3.94. The molecule has 1 saturated carbocycles. The van der Waals surface area contributed by atoms with E-state index in [9.17, 15) is 4.39 Å². The fourth-order valence-electron chi connectivity index (χ4n) is 1.78. The highest BCUT2D eigenvalue weighted by atomic mass is 19.1. The van der Waals surface area contributed by atoms with Crippen LogP contribution in [0.3, 0.4) is 0 Å². The Morgan fingerprint density at radius 1 is 1.53 bits per heavy atom. The third-order valence-corrected chi connectivity index (χ3v) is 3.00. The molecule has 1 aliphatic carbocycles. The van der Waals surface area contributed by atoms with E-state index >= 15 is 0 Å². The maximum Gasteiger partial charge on any atom is 0.214 e. The van der Waals surface area contributed by atoms with E-state index < -0.39 is 5.95 Å². The van der Waals surface area contributed by atoms with Crippen molar-refractivity contribution in [2.45, 2.75) is 24.9 Å². The highest BCUT2D eigenvalue weighted by Crippen LogP contribution is 2.34. The van der Waals surface area contributed by atoms with Gasteiger partial charge in [0.05, 0.1) is 5.60 Å². The Labute approximate surface area is 88.7 Å². The molecule has 0 atom stereocenters. The predicted molar refractivity (Wildman–Crippen MR) is 56.3 cm³/mol. The Morgan fingerprint density at radius 3 is 2.87 bits per heavy atom. The van der Waals surface area contributed by atoms with Gasteiger partial charge in [0.1, 0.15) is 5.82 Å². The van der Waals surface area contributed by atoms with Gasteiger partial charge in [0.2, 0.25) is 5.95 Å². The van der Waals surface area contributed by atoms with Gasteiger partial charge in [0, 0.05) is 13.7 Å². The van der Waals surface area contributed by atoms with Crippen LogP contribution >= 0.6 is 0 Å². The first-order valence-electron chi connectivity index (χ1n) is 5.16. The van der Waals surface area contributed by atoms with E-state index in [0.717, 1.165) is 12.8 Å². The summed E-state index contributed by atoms with van der Waals surface area (Å²) in [5, 5.41) is 3.10. The molecule has 0 aliphatic heterocycles. The lowest BCUT2D eigenvalue weighted by Crippen LogP contribution is -2.45. The van der Waals surface area contributed by atoms with Crippen molar-refractivity contribution >= 4 is 5.82 Å². The Hall–Kier alpha value is -1.16. The van der Waals surface area contributed by atoms with Crippen LogP contribution in [0.4, 0.5) is 10.2 Å². The Kier molecular flexibility index (Phi) is 2.86. The van der Waals surface area contributed by atoms with Gasteiger partial charge in [-0.3, -0.25) is 0 Å². The van der Waals surface area contributed by atoms with Crippen molar-refractivity contribution in [3.63, 3.8) is 0 Å². The molecule has 0 spiro atoms. The van der Waals surface area contributed by atoms with Crippen molar-refractivity contribution in [2.75, 3.05) is 19.0 Å². The molecule has 4 heteroatoms. The summed E-state index contributed by atoms with van der Waals surface area (Å²) in [5.74, 6) is 0.110. The first-order chi connectivity index (χ1) is 7.24. The zero-order chi connectivity index (χ0) is 10.7. The molecular formula is C11H15FN2O. The molecule has 0 unspecified atom stereocenters. The quantitative estimate of drug-likeness (QED) is 0.773. The fourth-order valence-corrected chi connectivity index (χ4v) is 1.78. The second-order valence-corrected chi connectivity index (χ2v) is 3.94. The van der Waals surface area contributed by atoms with Crippen LogP contribution in [-0.4, -0.2) is 24.2 Å². The zero-order valence-electron chi connectivity index (χ0n) is 8.79. The maximum absolute atomic E-state index is 12.8. The highest BCUT2D eigenvalue weighted by molar-refractivity contribution is 5.34. The van der Waals surface area contributed by atoms with Crippen LogP contribution in [0.25, 0.3) is 0 Å². The summed E-state index contributed by atoms with van der Waals surface area (Å²) >= 11 is 0. The number of aromatic nitrogens is 1. The van der Waals surface area contributed by atoms with Gasteiger partial charge in [-0.1, -0.05) is 6.07 Å². The Morgan fingerprint density at radius 2 is 2.33 bits per heavy atom. The summed E-state index contributed by atoms with van der Waals surface area (Å²) in [4.78, 5) is 3.74. The summed E-state index contributed by atoms with van der Waals surface area (Å²) in [5.41, 5.74) is -0.0615. The minimum atomic E-state index is -0.458. The molecule has 82 valence electrons. The molecule has 0 saturated heterocycles. The number of rotatable bonds is 4. The van der Waals surface area contributed by atoms with E-state index in [-0.39, 0.29) is 5.60 Å². The smallest absolute Gasteiger partial charge is 0.214 e. The van der Waals surface area contributed by atoms with Gasteiger partial charge in [0.25, 0.3) is 0 Å². The van der Waals surface area contributed by atoms with Crippen LogP contribution in [0.1, 0.15) is 19.3 Å². The number of hydrogen-bond acceptors (Lipinski definition) is 3. The van der Waals surface area contributed by atoms with Crippen LogP contribution in [0.15, 0.2) is 18.2 Å². The second kappa shape index (κ2) is 4.14. The first kappa shape index (κ1) is 10.4. The molecule has 15 heavy (non-hydrogen) atoms. The largest absolute Gasteiger partial charge is 0.376 e. The van der Waals surface area contributed by atoms with Crippen molar-refractivity contribution in [2.24, 2.45) is 0 Å². The van der Waals surface area contributed by atoms with Gasteiger partial charge in [0.15, 0.2) is 0 Å². The van der Waals surface area contributed by atoms with Gasteiger partial charge in [-0.25, -0.2) is 4.98 Å². The Bertz CT molecular complexity index is 334. The van der Waals surface area contributed by atoms with Gasteiger partial charge in [-0.2, -0.15) is 4.39 Å². The number of pyridine rings is 1. The van der Waals surface area contributed by atoms with E-state index in [0.29, 0.717) is 12.4 Å². The molecule has 1 heterocycles. The van der Waals surface area contributed by atoms with Gasteiger partial charge in [-0.05, 0) is 31.4 Å². The summed E-state index contributed by atoms with van der Waals surface area (Å²) < 4.78 is 18.2. The average molecular weight is 210 g/mol. The topological polar surface area (TPSA) is 34.1 Å². The minimum Gasteiger partial charge on any atom is -0.376 e. The maximum atomic E-state index is 12.8. The number of methoxy groups -OCH3 is 1. The lowest BCUT2D eigenvalue weighted by molar-refractivity contribution is -0.0601. The van der Waals surface area contributed by atoms with Crippen LogP contribution in [0, 0.1) is 5.95 Å². The number of halogens is 1. The number of nitrogens with one attached hydrogen (secondary N) is 1. The van der Waals surface area contributed by atoms with E-state index in [1.165, 1.54) is 12.5 Å². The molecule has 1 fully saturated rings. The Balaban J connectivity index is 1.92. The molecule has 1 aliphatic rings. The normalized spacial score (nSPS) is 18.3. The van der Waals surface area contributed by atoms with E-state index in [2.05, 4.69) is 10.3 Å². The van der Waals surface area contributed by atoms with Gasteiger partial charge < -0.3 is 10.1 Å². The molecule has 1 aromatic rings. The summed E-state index contributed by atoms with van der Waals surface area (Å²) in [7, 11) is 1.72. The van der Waals surface area contributed by atoms with Crippen LogP contribution in [-0.2, 0) is 4.74 Å². The highest BCUT2D eigenvalue weighted by Gasteiger charge is 2.36. The number of nitrogens with zero attached hydrogens (tertiary/aromatic N) is 1. The van der Waals surface area contributed by atoms with E-state index in [1.807, 2.05) is 0 Å². The molecule has 3 nitrogen and oxygen atoms in total. The van der Waals surface area contributed by atoms with Crippen molar-refractivity contribution in [3.8, 4) is 0 Å². The predicted octanol–water partition coefficient (Wildman–Crippen LogP) is 2.20.